The topological polar surface area (TPSA) is 86.7 Å². The molecule has 0 aromatic carbocycles. The molecular weight excluding hydrogens is 684 g/mol. The molecule has 298 valence electrons. The molecule has 0 aromatic heterocycles. The van der Waals surface area contributed by atoms with Gasteiger partial charge in [0, 0.05) is 31.7 Å². The van der Waals surface area contributed by atoms with Crippen molar-refractivity contribution in [1.82, 2.24) is 10.2 Å². The minimum atomic E-state index is -3.03. The largest absolute Gasteiger partial charge is 0.481 e. The average Bonchev–Trinajstić information content (AvgIpc) is 3.47. The van der Waals surface area contributed by atoms with E-state index in [1.54, 1.807) is 0 Å². The van der Waals surface area contributed by atoms with Crippen molar-refractivity contribution >= 4 is 15.8 Å². The second-order valence-corrected chi connectivity index (χ2v) is 23.7. The van der Waals surface area contributed by atoms with Crippen LogP contribution in [0.15, 0.2) is 35.5 Å². The zero-order valence-corrected chi connectivity index (χ0v) is 35.1. The molecular formula is C45H71FN2O4S. The van der Waals surface area contributed by atoms with Crippen LogP contribution < -0.4 is 5.32 Å². The van der Waals surface area contributed by atoms with Crippen molar-refractivity contribution in [3.63, 3.8) is 0 Å². The van der Waals surface area contributed by atoms with Gasteiger partial charge in [0.25, 0.3) is 0 Å². The van der Waals surface area contributed by atoms with Crippen molar-refractivity contribution in [3.05, 3.63) is 35.5 Å². The molecule has 1 heterocycles. The van der Waals surface area contributed by atoms with Gasteiger partial charge < -0.3 is 10.4 Å². The van der Waals surface area contributed by atoms with Crippen molar-refractivity contribution < 1.29 is 22.7 Å². The Balaban J connectivity index is 1.13. The number of sulfone groups is 1. The summed E-state index contributed by atoms with van der Waals surface area (Å²) < 4.78 is 39.4. The van der Waals surface area contributed by atoms with E-state index in [0.29, 0.717) is 55.5 Å². The van der Waals surface area contributed by atoms with Crippen LogP contribution in [0.2, 0.25) is 0 Å². The van der Waals surface area contributed by atoms with Crippen LogP contribution in [0, 0.1) is 56.7 Å². The number of halogens is 1. The summed E-state index contributed by atoms with van der Waals surface area (Å²) >= 11 is 0. The van der Waals surface area contributed by atoms with E-state index in [1.165, 1.54) is 68.1 Å². The minimum Gasteiger partial charge on any atom is -0.481 e. The molecule has 1 saturated heterocycles. The maximum absolute atomic E-state index is 14.0. The number of carboxylic acids is 1. The van der Waals surface area contributed by atoms with Gasteiger partial charge in [-0.2, -0.15) is 0 Å². The number of carboxylic acid groups (broad SMARTS) is 1. The zero-order chi connectivity index (χ0) is 38.6. The summed E-state index contributed by atoms with van der Waals surface area (Å²) in [4.78, 5) is 14.4. The van der Waals surface area contributed by atoms with Gasteiger partial charge in [-0.25, -0.2) is 12.8 Å². The third kappa shape index (κ3) is 5.77. The van der Waals surface area contributed by atoms with Gasteiger partial charge >= 0.3 is 5.97 Å². The molecule has 8 heteroatoms. The van der Waals surface area contributed by atoms with Gasteiger partial charge in [0.2, 0.25) is 0 Å². The number of hydrogen-bond donors (Lipinski definition) is 2. The summed E-state index contributed by atoms with van der Waals surface area (Å²) in [7, 11) is -3.03. The van der Waals surface area contributed by atoms with E-state index in [-0.39, 0.29) is 44.1 Å². The molecule has 0 radical (unpaired) electrons. The Morgan fingerprint density at radius 1 is 0.925 bits per heavy atom. The number of carbonyl (C=O) groups is 1. The van der Waals surface area contributed by atoms with Gasteiger partial charge in [-0.05, 0) is 160 Å². The summed E-state index contributed by atoms with van der Waals surface area (Å²) in [6.07, 6.45) is 16.9. The van der Waals surface area contributed by atoms with Crippen molar-refractivity contribution in [3.8, 4) is 0 Å². The first-order chi connectivity index (χ1) is 24.7. The summed E-state index contributed by atoms with van der Waals surface area (Å²) in [5.41, 5.74) is 3.55. The van der Waals surface area contributed by atoms with Crippen LogP contribution in [0.1, 0.15) is 132 Å². The highest BCUT2D eigenvalue weighted by atomic mass is 32.2. The van der Waals surface area contributed by atoms with Crippen molar-refractivity contribution in [2.75, 3.05) is 32.9 Å². The molecule has 6 aliphatic carbocycles. The van der Waals surface area contributed by atoms with Gasteiger partial charge in [0.1, 0.15) is 6.67 Å². The predicted octanol–water partition coefficient (Wildman–Crippen LogP) is 9.18. The number of allylic oxidation sites excluding steroid dienone is 5. The van der Waals surface area contributed by atoms with E-state index in [4.69, 9.17) is 0 Å². The standard InChI is InChI=1S/C45H71FN2O4S/c1-29(2)33-14-21-45(47-24-25-48-26-30(3)53(51,52)31(4)27-48)23-22-42(8)35(38(33)45)10-11-37-41(7)17-15-34(40(5,6)36(41)16-18-43(37,42)9)32-12-19-44(28-46,20-13-32)39(49)50/h12,15,30-31,33,35-38,47H,1,10-11,13-14,16-28H2,2-9H3,(H,49,50)/t30?,31?,33-,35?,36-,37+,38+,41-,42+,43+,44-,45-/m0/s1. The lowest BCUT2D eigenvalue weighted by atomic mass is 9.33. The third-order valence-corrected chi connectivity index (χ3v) is 20.9. The lowest BCUT2D eigenvalue weighted by molar-refractivity contribution is -0.221. The van der Waals surface area contributed by atoms with E-state index in [1.807, 2.05) is 13.8 Å². The first-order valence-electron chi connectivity index (χ1n) is 21.3. The summed E-state index contributed by atoms with van der Waals surface area (Å²) in [5.74, 6) is 1.96. The normalized spacial score (nSPS) is 47.6. The summed E-state index contributed by atoms with van der Waals surface area (Å²) in [6.45, 7) is 25.8. The second kappa shape index (κ2) is 13.3. The number of nitrogens with one attached hydrogen (secondary N) is 1. The van der Waals surface area contributed by atoms with E-state index in [9.17, 15) is 22.7 Å². The number of alkyl halides is 1. The molecule has 3 unspecified atom stereocenters. The van der Waals surface area contributed by atoms with Crippen LogP contribution in [0.25, 0.3) is 0 Å². The molecule has 5 fully saturated rings. The Morgan fingerprint density at radius 2 is 1.62 bits per heavy atom. The molecule has 12 atom stereocenters. The van der Waals surface area contributed by atoms with E-state index >= 15 is 0 Å². The molecule has 0 bridgehead atoms. The smallest absolute Gasteiger partial charge is 0.312 e. The minimum absolute atomic E-state index is 0.0207. The lowest BCUT2D eigenvalue weighted by Gasteiger charge is -2.72. The van der Waals surface area contributed by atoms with E-state index in [2.05, 4.69) is 70.5 Å². The van der Waals surface area contributed by atoms with E-state index in [0.717, 1.165) is 19.5 Å². The van der Waals surface area contributed by atoms with Gasteiger partial charge in [-0.1, -0.05) is 58.9 Å². The van der Waals surface area contributed by atoms with Crippen LogP contribution in [-0.4, -0.2) is 73.3 Å². The SMILES string of the molecule is C=C(C)[C@@H]1CC[C@]2(NCCN3CC(C)S(=O)(=O)C(C)C3)CC[C@]3(C)C(CC[C@@H]4[C@@]5(C)CC=C(C6=CC[C@](CF)(C(=O)O)CC6)C(C)(C)[C@@H]5CC[C@]43C)[C@@H]12. The van der Waals surface area contributed by atoms with Gasteiger partial charge in [0.05, 0.1) is 15.9 Å². The molecule has 6 nitrogen and oxygen atoms in total. The maximum Gasteiger partial charge on any atom is 0.312 e. The molecule has 2 N–H and O–H groups in total. The van der Waals surface area contributed by atoms with Gasteiger partial charge in [0.15, 0.2) is 9.84 Å². The van der Waals surface area contributed by atoms with Crippen LogP contribution in [0.4, 0.5) is 4.39 Å². The van der Waals surface area contributed by atoms with Crippen LogP contribution in [-0.2, 0) is 14.6 Å². The Labute approximate surface area is 321 Å². The average molecular weight is 755 g/mol. The van der Waals surface area contributed by atoms with Gasteiger partial charge in [-0.15, -0.1) is 0 Å². The fourth-order valence-corrected chi connectivity index (χ4v) is 16.8. The molecule has 0 spiro atoms. The highest BCUT2D eigenvalue weighted by Gasteiger charge is 2.70. The van der Waals surface area contributed by atoms with Gasteiger partial charge in [-0.3, -0.25) is 9.69 Å². The molecule has 7 rings (SSSR count). The maximum atomic E-state index is 14.0. The summed E-state index contributed by atoms with van der Waals surface area (Å²) in [5, 5.41) is 13.5. The molecule has 7 aliphatic rings. The van der Waals surface area contributed by atoms with Crippen molar-refractivity contribution in [2.45, 2.75) is 148 Å². The quantitative estimate of drug-likeness (QED) is 0.241. The third-order valence-electron chi connectivity index (χ3n) is 18.4. The molecule has 0 amide bonds. The Kier molecular flexibility index (Phi) is 9.95. The highest BCUT2D eigenvalue weighted by molar-refractivity contribution is 7.92. The first kappa shape index (κ1) is 39.7. The van der Waals surface area contributed by atoms with Crippen LogP contribution >= 0.6 is 0 Å². The van der Waals surface area contributed by atoms with E-state index < -0.39 is 27.9 Å². The first-order valence-corrected chi connectivity index (χ1v) is 22.9. The summed E-state index contributed by atoms with van der Waals surface area (Å²) in [6, 6.07) is 0. The second-order valence-electron chi connectivity index (χ2n) is 20.9. The lowest BCUT2D eigenvalue weighted by Crippen LogP contribution is -2.68. The predicted molar refractivity (Wildman–Crippen MR) is 213 cm³/mol. The fraction of sp³-hybridized carbons (Fsp3) is 0.844. The zero-order valence-electron chi connectivity index (χ0n) is 34.3. The number of aliphatic carboxylic acids is 1. The Hall–Kier alpha value is -1.51. The van der Waals surface area contributed by atoms with Crippen LogP contribution in [0.5, 0.6) is 0 Å². The molecule has 4 saturated carbocycles. The number of fused-ring (bicyclic) bond motifs is 7. The van der Waals surface area contributed by atoms with Crippen molar-refractivity contribution in [2.24, 2.45) is 56.7 Å². The Morgan fingerprint density at radius 3 is 2.23 bits per heavy atom. The number of rotatable bonds is 8. The fourth-order valence-electron chi connectivity index (χ4n) is 15.2. The monoisotopic (exact) mass is 755 g/mol. The number of hydrogen-bond acceptors (Lipinski definition) is 5. The molecule has 0 aromatic rings. The molecule has 53 heavy (non-hydrogen) atoms. The van der Waals surface area contributed by atoms with Crippen molar-refractivity contribution in [1.29, 1.82) is 0 Å². The Bertz CT molecular complexity index is 1650. The number of nitrogens with zero attached hydrogens (tertiary/aromatic N) is 1. The van der Waals surface area contributed by atoms with Crippen LogP contribution in [0.3, 0.4) is 0 Å². The molecule has 1 aliphatic heterocycles. The highest BCUT2D eigenvalue weighted by Crippen LogP contribution is 2.76.